The Bertz CT molecular complexity index is 121. The predicted octanol–water partition coefficient (Wildman–Crippen LogP) is 0.196. The third kappa shape index (κ3) is 7.40. The molecule has 1 N–H and O–H groups in total. The molecule has 72 valence electrons. The highest BCUT2D eigenvalue weighted by atomic mass is 16.7. The lowest BCUT2D eigenvalue weighted by Crippen LogP contribution is -2.22. The van der Waals surface area contributed by atoms with Crippen LogP contribution in [0.1, 0.15) is 0 Å². The zero-order valence-electron chi connectivity index (χ0n) is 8.09. The molecule has 0 saturated heterocycles. The highest BCUT2D eigenvalue weighted by Gasteiger charge is 2.11. The van der Waals surface area contributed by atoms with E-state index in [1.807, 2.05) is 14.1 Å². The molecular weight excluding hydrogens is 158 g/mol. The van der Waals surface area contributed by atoms with Crippen molar-refractivity contribution in [2.45, 2.75) is 6.29 Å². The maximum atomic E-state index is 10.6. The van der Waals surface area contributed by atoms with Gasteiger partial charge in [-0.3, -0.25) is 4.79 Å². The summed E-state index contributed by atoms with van der Waals surface area (Å²) >= 11 is 0. The number of nitrogens with one attached hydrogen (secondary N) is 1. The second kappa shape index (κ2) is 10.3. The lowest BCUT2D eigenvalue weighted by Gasteiger charge is -2.07. The molecule has 0 aliphatic heterocycles. The Morgan fingerprint density at radius 3 is 1.83 bits per heavy atom. The van der Waals surface area contributed by atoms with Crippen LogP contribution in [-0.4, -0.2) is 40.4 Å². The van der Waals surface area contributed by atoms with Crippen molar-refractivity contribution in [3.8, 4) is 0 Å². The summed E-state index contributed by atoms with van der Waals surface area (Å²) in [5.74, 6) is -0.264. The zero-order valence-corrected chi connectivity index (χ0v) is 8.09. The van der Waals surface area contributed by atoms with Crippen LogP contribution in [0.25, 0.3) is 0 Å². The minimum Gasteiger partial charge on any atom is -0.349 e. The average molecular weight is 175 g/mol. The standard InChI is InChI=1S/C6H10O3.C2H7N/c1-4-5(7)6(8-2)9-3;1-3-2/h4,6H,1H2,2-3H3;3H,1-2H3. The van der Waals surface area contributed by atoms with E-state index in [2.05, 4.69) is 21.4 Å². The Kier molecular flexibility index (Phi) is 11.9. The molecule has 0 heterocycles. The fraction of sp³-hybridized carbons (Fsp3) is 0.625. The van der Waals surface area contributed by atoms with Gasteiger partial charge in [-0.2, -0.15) is 0 Å². The van der Waals surface area contributed by atoms with E-state index >= 15 is 0 Å². The molecule has 4 heteroatoms. The van der Waals surface area contributed by atoms with Crippen molar-refractivity contribution in [2.24, 2.45) is 0 Å². The van der Waals surface area contributed by atoms with Gasteiger partial charge < -0.3 is 14.8 Å². The van der Waals surface area contributed by atoms with Gasteiger partial charge in [-0.1, -0.05) is 6.58 Å². The third-order valence-corrected chi connectivity index (χ3v) is 0.862. The Labute approximate surface area is 73.5 Å². The molecular formula is C8H17NO3. The van der Waals surface area contributed by atoms with E-state index in [4.69, 9.17) is 0 Å². The number of ketones is 1. The van der Waals surface area contributed by atoms with Crippen LogP contribution in [0.15, 0.2) is 12.7 Å². The molecule has 0 aromatic rings. The number of carbonyl (C=O) groups is 1. The summed E-state index contributed by atoms with van der Waals surface area (Å²) < 4.78 is 9.22. The Hall–Kier alpha value is -0.710. The van der Waals surface area contributed by atoms with Crippen molar-refractivity contribution in [3.05, 3.63) is 12.7 Å². The highest BCUT2D eigenvalue weighted by molar-refractivity contribution is 5.91. The molecule has 0 aliphatic carbocycles. The van der Waals surface area contributed by atoms with E-state index < -0.39 is 6.29 Å². The predicted molar refractivity (Wildman–Crippen MR) is 48.0 cm³/mol. The molecule has 0 unspecified atom stereocenters. The van der Waals surface area contributed by atoms with E-state index in [9.17, 15) is 4.79 Å². The minimum absolute atomic E-state index is 0.264. The van der Waals surface area contributed by atoms with Crippen molar-refractivity contribution < 1.29 is 14.3 Å². The molecule has 0 radical (unpaired) electrons. The zero-order chi connectivity index (χ0) is 9.98. The number of hydrogen-bond acceptors (Lipinski definition) is 4. The first-order valence-corrected chi connectivity index (χ1v) is 3.48. The van der Waals surface area contributed by atoms with Gasteiger partial charge in [0.05, 0.1) is 0 Å². The summed E-state index contributed by atoms with van der Waals surface area (Å²) in [4.78, 5) is 10.6. The quantitative estimate of drug-likeness (QED) is 0.489. The fourth-order valence-corrected chi connectivity index (χ4v) is 0.425. The van der Waals surface area contributed by atoms with E-state index in [1.54, 1.807) is 0 Å². The third-order valence-electron chi connectivity index (χ3n) is 0.862. The molecule has 0 saturated carbocycles. The first-order valence-electron chi connectivity index (χ1n) is 3.48. The molecule has 0 fully saturated rings. The fourth-order valence-electron chi connectivity index (χ4n) is 0.425. The van der Waals surface area contributed by atoms with E-state index in [1.165, 1.54) is 14.2 Å². The van der Waals surface area contributed by atoms with Crippen LogP contribution >= 0.6 is 0 Å². The van der Waals surface area contributed by atoms with Gasteiger partial charge >= 0.3 is 0 Å². The summed E-state index contributed by atoms with van der Waals surface area (Å²) in [5, 5.41) is 2.75. The van der Waals surface area contributed by atoms with Crippen LogP contribution in [-0.2, 0) is 14.3 Å². The largest absolute Gasteiger partial charge is 0.349 e. The van der Waals surface area contributed by atoms with Crippen molar-refractivity contribution in [1.29, 1.82) is 0 Å². The summed E-state index contributed by atoms with van der Waals surface area (Å²) in [5.41, 5.74) is 0. The van der Waals surface area contributed by atoms with Gasteiger partial charge in [0.15, 0.2) is 0 Å². The van der Waals surface area contributed by atoms with Crippen molar-refractivity contribution in [2.75, 3.05) is 28.3 Å². The first-order chi connectivity index (χ1) is 5.67. The van der Waals surface area contributed by atoms with E-state index in [-0.39, 0.29) is 5.78 Å². The highest BCUT2D eigenvalue weighted by Crippen LogP contribution is 1.92. The van der Waals surface area contributed by atoms with Crippen molar-refractivity contribution in [1.82, 2.24) is 5.32 Å². The first kappa shape index (κ1) is 13.9. The Balaban J connectivity index is 0. The maximum absolute atomic E-state index is 10.6. The van der Waals surface area contributed by atoms with Gasteiger partial charge in [-0.15, -0.1) is 0 Å². The van der Waals surface area contributed by atoms with Crippen LogP contribution in [0.2, 0.25) is 0 Å². The molecule has 0 amide bonds. The Morgan fingerprint density at radius 1 is 1.42 bits per heavy atom. The summed E-state index contributed by atoms with van der Waals surface area (Å²) in [6, 6.07) is 0. The van der Waals surface area contributed by atoms with Gasteiger partial charge in [0.1, 0.15) is 0 Å². The van der Waals surface area contributed by atoms with Crippen LogP contribution in [0, 0.1) is 0 Å². The lowest BCUT2D eigenvalue weighted by molar-refractivity contribution is -0.151. The smallest absolute Gasteiger partial charge is 0.221 e. The molecule has 0 aromatic carbocycles. The molecule has 12 heavy (non-hydrogen) atoms. The van der Waals surface area contributed by atoms with Crippen LogP contribution in [0.5, 0.6) is 0 Å². The maximum Gasteiger partial charge on any atom is 0.221 e. The lowest BCUT2D eigenvalue weighted by atomic mass is 10.4. The van der Waals surface area contributed by atoms with Crippen LogP contribution < -0.4 is 5.32 Å². The molecule has 0 spiro atoms. The molecule has 0 aliphatic rings. The SMILES string of the molecule is C=CC(=O)C(OC)OC.CNC. The second-order valence-corrected chi connectivity index (χ2v) is 1.91. The summed E-state index contributed by atoms with van der Waals surface area (Å²) in [6.07, 6.45) is 0.375. The average Bonchev–Trinajstić information content (AvgIpc) is 2.08. The molecule has 4 nitrogen and oxygen atoms in total. The van der Waals surface area contributed by atoms with Crippen LogP contribution in [0.3, 0.4) is 0 Å². The number of hydrogen-bond donors (Lipinski definition) is 1. The number of rotatable bonds is 4. The summed E-state index contributed by atoms with van der Waals surface area (Å²) in [7, 11) is 6.55. The minimum atomic E-state index is -0.789. The molecule has 0 aromatic heterocycles. The topological polar surface area (TPSA) is 47.6 Å². The van der Waals surface area contributed by atoms with Crippen molar-refractivity contribution >= 4 is 5.78 Å². The van der Waals surface area contributed by atoms with Gasteiger partial charge in [-0.25, -0.2) is 0 Å². The van der Waals surface area contributed by atoms with Gasteiger partial charge in [0.25, 0.3) is 0 Å². The number of ether oxygens (including phenoxy) is 2. The van der Waals surface area contributed by atoms with Gasteiger partial charge in [0, 0.05) is 14.2 Å². The van der Waals surface area contributed by atoms with E-state index in [0.717, 1.165) is 6.08 Å². The van der Waals surface area contributed by atoms with Crippen LogP contribution in [0.4, 0.5) is 0 Å². The number of carbonyl (C=O) groups excluding carboxylic acids is 1. The monoisotopic (exact) mass is 175 g/mol. The van der Waals surface area contributed by atoms with E-state index in [0.29, 0.717) is 0 Å². The number of methoxy groups -OCH3 is 2. The molecule has 0 rings (SSSR count). The van der Waals surface area contributed by atoms with Gasteiger partial charge in [0.2, 0.25) is 12.1 Å². The van der Waals surface area contributed by atoms with Crippen molar-refractivity contribution in [3.63, 3.8) is 0 Å². The molecule has 0 bridgehead atoms. The van der Waals surface area contributed by atoms with Gasteiger partial charge in [-0.05, 0) is 20.2 Å². The summed E-state index contributed by atoms with van der Waals surface area (Å²) in [6.45, 7) is 3.27. The second-order valence-electron chi connectivity index (χ2n) is 1.91. The Morgan fingerprint density at radius 2 is 1.75 bits per heavy atom. The normalized spacial score (nSPS) is 8.75. The molecule has 0 atom stereocenters.